The van der Waals surface area contributed by atoms with E-state index >= 15 is 4.79 Å². The highest BCUT2D eigenvalue weighted by atomic mass is 16.5. The second kappa shape index (κ2) is 17.3. The lowest BCUT2D eigenvalue weighted by molar-refractivity contribution is -0.256. The van der Waals surface area contributed by atoms with Crippen molar-refractivity contribution < 1.29 is 45.3 Å². The van der Waals surface area contributed by atoms with E-state index in [0.29, 0.717) is 68.1 Å². The Morgan fingerprint density at radius 2 is 1.74 bits per heavy atom. The normalized spacial score (nSPS) is 49.6. The van der Waals surface area contributed by atoms with Crippen LogP contribution in [0.15, 0.2) is 46.8 Å². The van der Waals surface area contributed by atoms with Gasteiger partial charge in [0.1, 0.15) is 5.60 Å². The molecule has 1 saturated heterocycles. The van der Waals surface area contributed by atoms with Gasteiger partial charge in [0.15, 0.2) is 5.78 Å². The molecule has 11 N–H and O–H groups in total. The van der Waals surface area contributed by atoms with Gasteiger partial charge in [-0.1, -0.05) is 64.2 Å². The molecule has 2 heterocycles. The Kier molecular flexibility index (Phi) is 12.5. The molecule has 2 aliphatic heterocycles. The Labute approximate surface area is 393 Å². The second-order valence-corrected chi connectivity index (χ2v) is 24.0. The van der Waals surface area contributed by atoms with Gasteiger partial charge in [-0.05, 0) is 167 Å². The predicted molar refractivity (Wildman–Crippen MR) is 251 cm³/mol. The number of aliphatic hydroxyl groups is 7. The molecular formula is C54H83N3O9. The lowest BCUT2D eigenvalue weighted by atomic mass is 9.36. The molecule has 10 rings (SSSR count). The summed E-state index contributed by atoms with van der Waals surface area (Å²) in [7, 11) is 0. The summed E-state index contributed by atoms with van der Waals surface area (Å²) in [5.74, 6) is -1.65. The van der Waals surface area contributed by atoms with E-state index in [9.17, 15) is 35.7 Å². The Balaban J connectivity index is 1.11. The van der Waals surface area contributed by atoms with Gasteiger partial charge in [0.2, 0.25) is 0 Å². The van der Waals surface area contributed by atoms with Gasteiger partial charge < -0.3 is 56.8 Å². The van der Waals surface area contributed by atoms with E-state index in [1.54, 1.807) is 6.92 Å². The summed E-state index contributed by atoms with van der Waals surface area (Å²) < 4.78 is 7.13. The SMILES string of the molecule is CCC[C@H]1CC[C@H]2[C@@H]3CCCC[C@](O)([C@](C)(O)[C@H]4CC[C@@]5(O)C6=C(NC[C@H](C)O)C(=O)[C@@H]7[C@H]8CC[C@@H]9[C@@H](C%10=C(CCCO)NC(N)C=C%10)C=C[C@H](C[C@]45C)[C@@H]6[C@]97C[C@H](O)[C@@H]8O)[C@@H]3O[C@@H]2CC1. The summed E-state index contributed by atoms with van der Waals surface area (Å²) in [6.07, 6.45) is 18.6. The molecule has 0 radical (unpaired) electrons. The van der Waals surface area contributed by atoms with Crippen LogP contribution in [0.3, 0.4) is 0 Å². The fourth-order valence-corrected chi connectivity index (χ4v) is 18.2. The molecule has 1 unspecified atom stereocenters. The summed E-state index contributed by atoms with van der Waals surface area (Å²) in [5, 5.41) is 92.8. The van der Waals surface area contributed by atoms with Crippen LogP contribution in [0.1, 0.15) is 143 Å². The van der Waals surface area contributed by atoms with Crippen molar-refractivity contribution in [1.29, 1.82) is 0 Å². The monoisotopic (exact) mass is 918 g/mol. The lowest BCUT2D eigenvalue weighted by Gasteiger charge is -2.69. The van der Waals surface area contributed by atoms with Crippen LogP contribution in [0.2, 0.25) is 0 Å². The number of nitrogens with one attached hydrogen (secondary N) is 2. The Hall–Kier alpha value is -2.13. The number of nitrogens with two attached hydrogens (primary N) is 1. The van der Waals surface area contributed by atoms with E-state index in [0.717, 1.165) is 49.8 Å². The van der Waals surface area contributed by atoms with Crippen LogP contribution in [-0.2, 0) is 9.53 Å². The van der Waals surface area contributed by atoms with E-state index in [-0.39, 0.29) is 67.7 Å². The molecule has 368 valence electrons. The smallest absolute Gasteiger partial charge is 0.182 e. The number of fused-ring (bicyclic) bond motifs is 5. The number of dihydropyridines is 1. The molecule has 0 aromatic heterocycles. The summed E-state index contributed by atoms with van der Waals surface area (Å²) in [6, 6.07) is 0. The third-order valence-electron chi connectivity index (χ3n) is 20.9. The van der Waals surface area contributed by atoms with Crippen molar-refractivity contribution in [3.05, 3.63) is 46.8 Å². The zero-order valence-electron chi connectivity index (χ0n) is 40.2. The number of Topliss-reactive ketones (excluding diaryl/α,β-unsaturated/α-hetero) is 1. The van der Waals surface area contributed by atoms with Crippen molar-refractivity contribution in [1.82, 2.24) is 10.6 Å². The van der Waals surface area contributed by atoms with Crippen LogP contribution in [0.5, 0.6) is 0 Å². The summed E-state index contributed by atoms with van der Waals surface area (Å²) in [6.45, 7) is 7.98. The molecule has 6 saturated carbocycles. The van der Waals surface area contributed by atoms with Crippen LogP contribution in [0.4, 0.5) is 0 Å². The summed E-state index contributed by atoms with van der Waals surface area (Å²) in [4.78, 5) is 15.9. The van der Waals surface area contributed by atoms with Crippen LogP contribution in [-0.4, -0.2) is 108 Å². The fraction of sp³-hybridized carbons (Fsp3) is 0.833. The van der Waals surface area contributed by atoms with E-state index in [1.807, 2.05) is 13.0 Å². The minimum Gasteiger partial charge on any atom is -0.396 e. The average molecular weight is 918 g/mol. The van der Waals surface area contributed by atoms with Crippen molar-refractivity contribution in [2.45, 2.75) is 197 Å². The Morgan fingerprint density at radius 3 is 2.50 bits per heavy atom. The molecule has 12 nitrogen and oxygen atoms in total. The van der Waals surface area contributed by atoms with E-state index in [4.69, 9.17) is 10.5 Å². The average Bonchev–Trinajstić information content (AvgIpc) is 3.54. The number of allylic oxidation sites excluding steroid dienone is 6. The zero-order valence-corrected chi connectivity index (χ0v) is 40.2. The van der Waals surface area contributed by atoms with Gasteiger partial charge in [0.25, 0.3) is 0 Å². The van der Waals surface area contributed by atoms with Gasteiger partial charge >= 0.3 is 0 Å². The van der Waals surface area contributed by atoms with Crippen molar-refractivity contribution in [2.75, 3.05) is 13.2 Å². The Morgan fingerprint density at radius 1 is 0.970 bits per heavy atom. The number of rotatable bonds is 11. The number of ether oxygens (including phenoxy) is 1. The number of carbonyl (C=O) groups is 1. The maximum atomic E-state index is 15.9. The molecule has 12 heteroatoms. The number of ketones is 1. The number of aliphatic hydroxyl groups excluding tert-OH is 4. The first-order valence-electron chi connectivity index (χ1n) is 26.6. The highest BCUT2D eigenvalue weighted by Gasteiger charge is 2.78. The third kappa shape index (κ3) is 6.85. The first-order chi connectivity index (χ1) is 31.5. The van der Waals surface area contributed by atoms with Crippen LogP contribution < -0.4 is 16.4 Å². The van der Waals surface area contributed by atoms with E-state index in [1.165, 1.54) is 19.3 Å². The van der Waals surface area contributed by atoms with Gasteiger partial charge in [-0.15, -0.1) is 0 Å². The van der Waals surface area contributed by atoms with Crippen molar-refractivity contribution >= 4 is 5.78 Å². The van der Waals surface area contributed by atoms with Crippen LogP contribution in [0, 0.1) is 70.0 Å². The van der Waals surface area contributed by atoms with Crippen molar-refractivity contribution in [3.8, 4) is 0 Å². The summed E-state index contributed by atoms with van der Waals surface area (Å²) in [5.41, 5.74) is 2.72. The number of carbonyl (C=O) groups excluding carboxylic acids is 1. The maximum Gasteiger partial charge on any atom is 0.182 e. The largest absolute Gasteiger partial charge is 0.396 e. The lowest BCUT2D eigenvalue weighted by Crippen LogP contribution is -2.72. The molecule has 10 aliphatic rings. The molecule has 66 heavy (non-hydrogen) atoms. The predicted octanol–water partition coefficient (Wildman–Crippen LogP) is 5.03. The third-order valence-corrected chi connectivity index (χ3v) is 20.9. The second-order valence-electron chi connectivity index (χ2n) is 24.0. The maximum absolute atomic E-state index is 15.9. The van der Waals surface area contributed by atoms with Gasteiger partial charge in [-0.25, -0.2) is 0 Å². The molecule has 0 aromatic carbocycles. The van der Waals surface area contributed by atoms with Gasteiger partial charge in [0, 0.05) is 36.1 Å². The molecule has 2 bridgehead atoms. The standard InChI is InChI=1S/C54H83N3O9/c1-5-9-30-12-15-34-35-10-6-7-23-54(65,49(35)66-40(34)20-13-30)51(4,63)41-22-24-53(64)45-43-31(26-50(41,53)3)14-16-32(33-18-21-42(55)57-38(33)11-8-25-58)37-19-17-36-44(48(62)46(45)56-28-29(2)59)52(37,43)27-39(60)47(36)61/h14,16,18,21,29-32,34-37,39-44,47,49,56-61,63-65H,5-13,15,17,19-20,22-28,55H2,1-4H3/t29-,30-,31+,32+,34-,35-,36+,37+,39-,40+,41-,42?,43-,44-,47+,49+,50+,51+,52-,53+,54+/m0/s1. The molecule has 8 aliphatic carbocycles. The first-order valence-corrected chi connectivity index (χ1v) is 26.6. The molecule has 21 atom stereocenters. The quantitative estimate of drug-likeness (QED) is 0.124. The highest BCUT2D eigenvalue weighted by molar-refractivity contribution is 6.00. The minimum atomic E-state index is -1.67. The molecule has 1 spiro atoms. The van der Waals surface area contributed by atoms with E-state index in [2.05, 4.69) is 42.7 Å². The topological polar surface area (TPSA) is 218 Å². The van der Waals surface area contributed by atoms with Crippen LogP contribution >= 0.6 is 0 Å². The minimum absolute atomic E-state index is 0.0273. The van der Waals surface area contributed by atoms with Gasteiger partial charge in [-0.3, -0.25) is 4.79 Å². The highest BCUT2D eigenvalue weighted by Crippen LogP contribution is 2.76. The molecule has 0 aromatic rings. The number of hydrogen-bond donors (Lipinski definition) is 10. The molecule has 7 fully saturated rings. The zero-order chi connectivity index (χ0) is 46.7. The van der Waals surface area contributed by atoms with Gasteiger partial charge in [0.05, 0.1) is 53.6 Å². The molecule has 0 amide bonds. The van der Waals surface area contributed by atoms with Crippen molar-refractivity contribution in [3.63, 3.8) is 0 Å². The molecular weight excluding hydrogens is 835 g/mol. The fourth-order valence-electron chi connectivity index (χ4n) is 18.2. The van der Waals surface area contributed by atoms with Gasteiger partial charge in [-0.2, -0.15) is 0 Å². The first kappa shape index (κ1) is 47.5. The van der Waals surface area contributed by atoms with E-state index < -0.39 is 75.7 Å². The number of hydrogen-bond acceptors (Lipinski definition) is 12. The van der Waals surface area contributed by atoms with Crippen LogP contribution in [0.25, 0.3) is 0 Å². The summed E-state index contributed by atoms with van der Waals surface area (Å²) >= 11 is 0. The Bertz CT molecular complexity index is 2000. The van der Waals surface area contributed by atoms with Crippen molar-refractivity contribution in [2.24, 2.45) is 75.7 Å².